The summed E-state index contributed by atoms with van der Waals surface area (Å²) in [5.41, 5.74) is 0. The molecule has 0 saturated carbocycles. The minimum atomic E-state index is -4.37. The molecule has 0 unspecified atom stereocenters. The summed E-state index contributed by atoms with van der Waals surface area (Å²) in [5, 5.41) is 7.38. The van der Waals surface area contributed by atoms with Crippen molar-refractivity contribution in [3.63, 3.8) is 0 Å². The fourth-order valence-electron chi connectivity index (χ4n) is 1.17. The normalized spacial score (nSPS) is 11.8. The molecule has 1 N–H and O–H groups in total. The second-order valence-corrected chi connectivity index (χ2v) is 4.58. The Labute approximate surface area is 103 Å². The number of hydrogen-bond acceptors (Lipinski definition) is 6. The van der Waals surface area contributed by atoms with E-state index < -0.39 is 15.0 Å². The van der Waals surface area contributed by atoms with E-state index in [1.807, 2.05) is 0 Å². The standard InChI is InChI=1S/C10H8N4O3S/c15-18(16,17)8-4-3-7-12-10(8)14-13-9-5-1-2-6-11-9/h1-7H,(H,15,16,17). The van der Waals surface area contributed by atoms with Gasteiger partial charge in [-0.2, -0.15) is 8.42 Å². The van der Waals surface area contributed by atoms with Gasteiger partial charge in [0.2, 0.25) is 0 Å². The molecule has 0 aliphatic rings. The van der Waals surface area contributed by atoms with Crippen molar-refractivity contribution in [3.8, 4) is 0 Å². The van der Waals surface area contributed by atoms with Crippen molar-refractivity contribution < 1.29 is 13.0 Å². The molecule has 2 aromatic heterocycles. The minimum Gasteiger partial charge on any atom is -0.282 e. The van der Waals surface area contributed by atoms with Crippen LogP contribution in [-0.2, 0) is 10.1 Å². The van der Waals surface area contributed by atoms with E-state index in [2.05, 4.69) is 20.2 Å². The molecule has 2 rings (SSSR count). The molecule has 7 nitrogen and oxygen atoms in total. The Morgan fingerprint density at radius 2 is 1.78 bits per heavy atom. The van der Waals surface area contributed by atoms with Crippen molar-refractivity contribution in [1.29, 1.82) is 0 Å². The Morgan fingerprint density at radius 1 is 1.00 bits per heavy atom. The second kappa shape index (κ2) is 4.98. The van der Waals surface area contributed by atoms with Gasteiger partial charge >= 0.3 is 0 Å². The van der Waals surface area contributed by atoms with Crippen LogP contribution in [0.25, 0.3) is 0 Å². The molecule has 0 fully saturated rings. The molecule has 92 valence electrons. The van der Waals surface area contributed by atoms with E-state index in [4.69, 9.17) is 4.55 Å². The topological polar surface area (TPSA) is 105 Å². The van der Waals surface area contributed by atoms with Gasteiger partial charge in [0.15, 0.2) is 11.6 Å². The summed E-state index contributed by atoms with van der Waals surface area (Å²) in [7, 11) is -4.37. The molecule has 2 aromatic rings. The lowest BCUT2D eigenvalue weighted by molar-refractivity contribution is 0.483. The van der Waals surface area contributed by atoms with E-state index in [-0.39, 0.29) is 5.82 Å². The summed E-state index contributed by atoms with van der Waals surface area (Å²) in [4.78, 5) is 7.22. The Morgan fingerprint density at radius 3 is 2.44 bits per heavy atom. The van der Waals surface area contributed by atoms with E-state index in [0.29, 0.717) is 5.82 Å². The van der Waals surface area contributed by atoms with Gasteiger partial charge in [-0.1, -0.05) is 6.07 Å². The van der Waals surface area contributed by atoms with Crippen molar-refractivity contribution in [2.24, 2.45) is 10.2 Å². The summed E-state index contributed by atoms with van der Waals surface area (Å²) < 4.78 is 31.1. The number of azo groups is 1. The van der Waals surface area contributed by atoms with Gasteiger partial charge in [-0.25, -0.2) is 9.97 Å². The Hall–Kier alpha value is -2.19. The van der Waals surface area contributed by atoms with Crippen molar-refractivity contribution in [2.45, 2.75) is 4.90 Å². The first-order valence-electron chi connectivity index (χ1n) is 4.82. The lowest BCUT2D eigenvalue weighted by atomic mass is 10.5. The summed E-state index contributed by atoms with van der Waals surface area (Å²) in [5.74, 6) is 0.120. The number of nitrogens with zero attached hydrogens (tertiary/aromatic N) is 4. The van der Waals surface area contributed by atoms with Crippen LogP contribution in [0.15, 0.2) is 57.8 Å². The molecule has 0 radical (unpaired) electrons. The van der Waals surface area contributed by atoms with Crippen LogP contribution < -0.4 is 0 Å². The highest BCUT2D eigenvalue weighted by atomic mass is 32.2. The maximum Gasteiger partial charge on any atom is 0.298 e. The summed E-state index contributed by atoms with van der Waals surface area (Å²) in [6.45, 7) is 0. The van der Waals surface area contributed by atoms with Crippen LogP contribution >= 0.6 is 0 Å². The summed E-state index contributed by atoms with van der Waals surface area (Å²) >= 11 is 0. The Bertz CT molecular complexity index is 671. The molecule has 0 aromatic carbocycles. The van der Waals surface area contributed by atoms with Gasteiger partial charge in [0.1, 0.15) is 4.90 Å². The second-order valence-electron chi connectivity index (χ2n) is 3.19. The van der Waals surface area contributed by atoms with E-state index >= 15 is 0 Å². The molecular formula is C10H8N4O3S. The quantitative estimate of drug-likeness (QED) is 0.675. The fourth-order valence-corrected chi connectivity index (χ4v) is 1.74. The maximum absolute atomic E-state index is 11.1. The van der Waals surface area contributed by atoms with Crippen molar-refractivity contribution in [2.75, 3.05) is 0 Å². The molecule has 0 atom stereocenters. The van der Waals surface area contributed by atoms with Crippen molar-refractivity contribution in [3.05, 3.63) is 42.7 Å². The average Bonchev–Trinajstić information content (AvgIpc) is 2.37. The van der Waals surface area contributed by atoms with Gasteiger partial charge in [0.05, 0.1) is 0 Å². The molecule has 8 heteroatoms. The van der Waals surface area contributed by atoms with Crippen LogP contribution in [0.2, 0.25) is 0 Å². The highest BCUT2D eigenvalue weighted by Gasteiger charge is 2.15. The predicted molar refractivity (Wildman–Crippen MR) is 62.5 cm³/mol. The third kappa shape index (κ3) is 2.93. The van der Waals surface area contributed by atoms with Crippen LogP contribution in [0, 0.1) is 0 Å². The lowest BCUT2D eigenvalue weighted by Gasteiger charge is -1.98. The van der Waals surface area contributed by atoms with Crippen LogP contribution in [0.5, 0.6) is 0 Å². The first-order chi connectivity index (χ1) is 8.57. The Kier molecular flexibility index (Phi) is 3.40. The minimum absolute atomic E-state index is 0.189. The van der Waals surface area contributed by atoms with Gasteiger partial charge < -0.3 is 0 Å². The molecule has 0 bridgehead atoms. The molecule has 0 aliphatic carbocycles. The van der Waals surface area contributed by atoms with Crippen LogP contribution in [0.4, 0.5) is 11.6 Å². The zero-order valence-electron chi connectivity index (χ0n) is 9.00. The Balaban J connectivity index is 2.39. The predicted octanol–water partition coefficient (Wildman–Crippen LogP) is 2.14. The largest absolute Gasteiger partial charge is 0.298 e. The van der Waals surface area contributed by atoms with Gasteiger partial charge in [-0.3, -0.25) is 4.55 Å². The number of rotatable bonds is 3. The van der Waals surface area contributed by atoms with E-state index in [1.54, 1.807) is 18.2 Å². The van der Waals surface area contributed by atoms with Gasteiger partial charge in [0.25, 0.3) is 10.1 Å². The third-order valence-corrected chi connectivity index (χ3v) is 2.80. The van der Waals surface area contributed by atoms with Gasteiger partial charge in [-0.05, 0) is 24.3 Å². The number of hydrogen-bond donors (Lipinski definition) is 1. The van der Waals surface area contributed by atoms with Crippen LogP contribution in [-0.4, -0.2) is 22.9 Å². The first-order valence-corrected chi connectivity index (χ1v) is 6.26. The maximum atomic E-state index is 11.1. The highest BCUT2D eigenvalue weighted by Crippen LogP contribution is 2.22. The van der Waals surface area contributed by atoms with Crippen molar-refractivity contribution >= 4 is 21.8 Å². The van der Waals surface area contributed by atoms with Gasteiger partial charge in [-0.15, -0.1) is 10.2 Å². The van der Waals surface area contributed by atoms with Crippen molar-refractivity contribution in [1.82, 2.24) is 9.97 Å². The summed E-state index contributed by atoms with van der Waals surface area (Å²) in [6, 6.07) is 7.59. The third-order valence-electron chi connectivity index (χ3n) is 1.93. The first kappa shape index (κ1) is 12.3. The van der Waals surface area contributed by atoms with E-state index in [9.17, 15) is 8.42 Å². The number of pyridine rings is 2. The molecule has 0 spiro atoms. The van der Waals surface area contributed by atoms with E-state index in [0.717, 1.165) is 0 Å². The SMILES string of the molecule is O=S(=O)(O)c1cccnc1N=Nc1ccccn1. The molecule has 2 heterocycles. The van der Waals surface area contributed by atoms with Crippen LogP contribution in [0.3, 0.4) is 0 Å². The summed E-state index contributed by atoms with van der Waals surface area (Å²) in [6.07, 6.45) is 2.87. The van der Waals surface area contributed by atoms with Gasteiger partial charge in [0, 0.05) is 12.4 Å². The average molecular weight is 264 g/mol. The number of aromatic nitrogens is 2. The molecule has 0 amide bonds. The smallest absolute Gasteiger partial charge is 0.282 e. The lowest BCUT2D eigenvalue weighted by Crippen LogP contribution is -1.98. The van der Waals surface area contributed by atoms with Crippen LogP contribution in [0.1, 0.15) is 0 Å². The molecule has 0 saturated heterocycles. The molecule has 18 heavy (non-hydrogen) atoms. The molecule has 0 aliphatic heterocycles. The highest BCUT2D eigenvalue weighted by molar-refractivity contribution is 7.86. The zero-order chi connectivity index (χ0) is 13.0. The zero-order valence-corrected chi connectivity index (χ0v) is 9.82. The fraction of sp³-hybridized carbons (Fsp3) is 0. The van der Waals surface area contributed by atoms with E-state index in [1.165, 1.54) is 24.5 Å². The molecular weight excluding hydrogens is 256 g/mol. The monoisotopic (exact) mass is 264 g/mol.